The van der Waals surface area contributed by atoms with E-state index in [9.17, 15) is 18.0 Å². The molecule has 3 aromatic rings. The Balaban J connectivity index is 1.51. The van der Waals surface area contributed by atoms with Crippen molar-refractivity contribution in [3.8, 4) is 5.75 Å². The number of sulfone groups is 1. The molecule has 3 amide bonds. The average molecular weight is 472 g/mol. The summed E-state index contributed by atoms with van der Waals surface area (Å²) < 4.78 is 34.2. The highest BCUT2D eigenvalue weighted by Gasteiger charge is 2.19. The fourth-order valence-electron chi connectivity index (χ4n) is 2.90. The van der Waals surface area contributed by atoms with Gasteiger partial charge in [-0.1, -0.05) is 30.3 Å². The number of benzene rings is 2. The van der Waals surface area contributed by atoms with E-state index >= 15 is 0 Å². The number of hydrogen-bond acceptors (Lipinski definition) is 6. The lowest BCUT2D eigenvalue weighted by atomic mass is 10.1. The third-order valence-electron chi connectivity index (χ3n) is 4.98. The van der Waals surface area contributed by atoms with Crippen molar-refractivity contribution in [2.24, 2.45) is 0 Å². The van der Waals surface area contributed by atoms with Gasteiger partial charge in [-0.25, -0.2) is 18.6 Å². The summed E-state index contributed by atoms with van der Waals surface area (Å²) in [6.45, 7) is 1.93. The fraction of sp³-hybridized carbons (Fsp3) is 0.217. The average Bonchev–Trinajstić information content (AvgIpc) is 3.29. The minimum absolute atomic E-state index is 0.0222. The summed E-state index contributed by atoms with van der Waals surface area (Å²) in [5.41, 5.74) is 5.38. The topological polar surface area (TPSA) is 118 Å². The fourth-order valence-corrected chi connectivity index (χ4v) is 3.53. The van der Waals surface area contributed by atoms with Crippen LogP contribution < -0.4 is 15.6 Å². The minimum Gasteiger partial charge on any atom is -0.486 e. The molecular weight excluding hydrogens is 446 g/mol. The highest BCUT2D eigenvalue weighted by atomic mass is 32.2. The predicted molar refractivity (Wildman–Crippen MR) is 121 cm³/mol. The van der Waals surface area contributed by atoms with Crippen molar-refractivity contribution in [2.75, 3.05) is 13.3 Å². The van der Waals surface area contributed by atoms with Crippen molar-refractivity contribution in [1.82, 2.24) is 15.8 Å². The van der Waals surface area contributed by atoms with Crippen LogP contribution >= 0.6 is 0 Å². The number of carbonyl (C=O) groups excluding carboxylic acids is 2. The van der Waals surface area contributed by atoms with Crippen LogP contribution in [-0.2, 0) is 16.4 Å². The highest BCUT2D eigenvalue weighted by Crippen LogP contribution is 2.21. The van der Waals surface area contributed by atoms with Crippen molar-refractivity contribution in [3.63, 3.8) is 0 Å². The first-order chi connectivity index (χ1) is 15.6. The minimum atomic E-state index is -3.30. The lowest BCUT2D eigenvalue weighted by molar-refractivity contribution is 0.0897. The van der Waals surface area contributed by atoms with Gasteiger partial charge in [0, 0.05) is 13.3 Å². The molecule has 1 unspecified atom stereocenters. The maximum absolute atomic E-state index is 12.4. The van der Waals surface area contributed by atoms with E-state index in [1.165, 1.54) is 23.1 Å². The normalized spacial score (nSPS) is 12.0. The first-order valence-corrected chi connectivity index (χ1v) is 11.9. The van der Waals surface area contributed by atoms with E-state index < -0.39 is 21.8 Å². The number of hydrogen-bond donors (Lipinski definition) is 2. The lowest BCUT2D eigenvalue weighted by Gasteiger charge is -2.25. The number of nitrogens with one attached hydrogen (secondary N) is 2. The molecule has 0 radical (unpaired) electrons. The van der Waals surface area contributed by atoms with E-state index in [2.05, 4.69) is 10.9 Å². The number of ether oxygens (including phenoxy) is 1. The van der Waals surface area contributed by atoms with Crippen LogP contribution in [0.2, 0.25) is 0 Å². The Labute approximate surface area is 192 Å². The third-order valence-corrected chi connectivity index (χ3v) is 6.11. The number of carbonyl (C=O) groups is 2. The summed E-state index contributed by atoms with van der Waals surface area (Å²) >= 11 is 0. The second-order valence-electron chi connectivity index (χ2n) is 7.38. The van der Waals surface area contributed by atoms with Crippen molar-refractivity contribution in [1.29, 1.82) is 0 Å². The number of amides is 3. The Hall–Kier alpha value is -3.79. The van der Waals surface area contributed by atoms with Gasteiger partial charge in [0.25, 0.3) is 0 Å². The molecule has 0 saturated carbocycles. The molecule has 3 rings (SSSR count). The van der Waals surface area contributed by atoms with Gasteiger partial charge in [-0.05, 0) is 48.9 Å². The third kappa shape index (κ3) is 6.36. The second kappa shape index (κ2) is 10.2. The second-order valence-corrected chi connectivity index (χ2v) is 9.40. The molecule has 0 aliphatic carbocycles. The Morgan fingerprint density at radius 2 is 1.67 bits per heavy atom. The van der Waals surface area contributed by atoms with Gasteiger partial charge in [-0.2, -0.15) is 0 Å². The summed E-state index contributed by atoms with van der Waals surface area (Å²) in [6, 6.07) is 17.6. The summed E-state index contributed by atoms with van der Waals surface area (Å²) in [6.07, 6.45) is 1.13. The van der Waals surface area contributed by atoms with E-state index in [1.54, 1.807) is 32.2 Å². The number of para-hydroxylation sites is 1. The first kappa shape index (κ1) is 23.9. The van der Waals surface area contributed by atoms with E-state index in [4.69, 9.17) is 9.15 Å². The van der Waals surface area contributed by atoms with E-state index in [0.717, 1.165) is 11.8 Å². The SMILES string of the molecule is CC(c1ccc(S(C)(=O)=O)cc1)N(C)C(=O)NNC(=O)c1ccc(COc2ccccc2)o1. The molecule has 1 aromatic heterocycles. The Morgan fingerprint density at radius 3 is 2.30 bits per heavy atom. The number of hydrazine groups is 1. The van der Waals surface area contributed by atoms with Crippen LogP contribution in [0.1, 0.15) is 34.8 Å². The number of furan rings is 1. The number of urea groups is 1. The quantitative estimate of drug-likeness (QED) is 0.511. The maximum Gasteiger partial charge on any atom is 0.336 e. The molecule has 0 aliphatic rings. The monoisotopic (exact) mass is 471 g/mol. The molecule has 9 nitrogen and oxygen atoms in total. The van der Waals surface area contributed by atoms with Gasteiger partial charge in [0.05, 0.1) is 10.9 Å². The predicted octanol–water partition coefficient (Wildman–Crippen LogP) is 3.31. The van der Waals surface area contributed by atoms with Gasteiger partial charge >= 0.3 is 11.9 Å². The number of nitrogens with zero attached hydrogens (tertiary/aromatic N) is 1. The van der Waals surface area contributed by atoms with Crippen LogP contribution in [0.5, 0.6) is 5.75 Å². The van der Waals surface area contributed by atoms with E-state index in [0.29, 0.717) is 11.5 Å². The lowest BCUT2D eigenvalue weighted by Crippen LogP contribution is -2.48. The maximum atomic E-state index is 12.4. The van der Waals surface area contributed by atoms with E-state index in [-0.39, 0.29) is 23.3 Å². The molecule has 2 N–H and O–H groups in total. The van der Waals surface area contributed by atoms with Crippen LogP contribution in [0, 0.1) is 0 Å². The van der Waals surface area contributed by atoms with Crippen LogP contribution in [0.4, 0.5) is 4.79 Å². The van der Waals surface area contributed by atoms with Gasteiger partial charge in [-0.3, -0.25) is 10.2 Å². The van der Waals surface area contributed by atoms with Gasteiger partial charge in [0.2, 0.25) is 0 Å². The Bertz CT molecular complexity index is 1210. The molecule has 2 aromatic carbocycles. The number of rotatable bonds is 7. The molecule has 0 saturated heterocycles. The summed E-state index contributed by atoms with van der Waals surface area (Å²) in [4.78, 5) is 26.3. The van der Waals surface area contributed by atoms with Gasteiger partial charge in [-0.15, -0.1) is 0 Å². The molecular formula is C23H25N3O6S. The van der Waals surface area contributed by atoms with Crippen molar-refractivity contribution < 1.29 is 27.2 Å². The molecule has 1 atom stereocenters. The van der Waals surface area contributed by atoms with Crippen molar-refractivity contribution >= 4 is 21.8 Å². The molecule has 33 heavy (non-hydrogen) atoms. The molecule has 0 spiro atoms. The Morgan fingerprint density at radius 1 is 1.00 bits per heavy atom. The summed E-state index contributed by atoms with van der Waals surface area (Å²) in [5, 5.41) is 0. The molecule has 0 bridgehead atoms. The van der Waals surface area contributed by atoms with Crippen molar-refractivity contribution in [2.45, 2.75) is 24.5 Å². The molecule has 0 fully saturated rings. The van der Waals surface area contributed by atoms with Crippen LogP contribution in [0.15, 0.2) is 76.0 Å². The molecule has 174 valence electrons. The largest absolute Gasteiger partial charge is 0.486 e. The smallest absolute Gasteiger partial charge is 0.336 e. The molecule has 0 aliphatic heterocycles. The van der Waals surface area contributed by atoms with Gasteiger partial charge < -0.3 is 14.1 Å². The van der Waals surface area contributed by atoms with Gasteiger partial charge in [0.15, 0.2) is 15.6 Å². The highest BCUT2D eigenvalue weighted by molar-refractivity contribution is 7.90. The van der Waals surface area contributed by atoms with Crippen molar-refractivity contribution in [3.05, 3.63) is 83.8 Å². The summed E-state index contributed by atoms with van der Waals surface area (Å²) in [7, 11) is -1.74. The standard InChI is InChI=1S/C23H25N3O6S/c1-16(17-9-12-20(13-10-17)33(3,29)30)26(2)23(28)25-24-22(27)21-14-11-19(32-21)15-31-18-7-5-4-6-8-18/h4-14,16H,15H2,1-3H3,(H,24,27)(H,25,28). The molecule has 1 heterocycles. The summed E-state index contributed by atoms with van der Waals surface area (Å²) in [5.74, 6) is 0.538. The van der Waals surface area contributed by atoms with Crippen LogP contribution in [-0.4, -0.2) is 38.6 Å². The Kier molecular flexibility index (Phi) is 7.39. The molecule has 10 heteroatoms. The first-order valence-electron chi connectivity index (χ1n) is 10.0. The van der Waals surface area contributed by atoms with Gasteiger partial charge in [0.1, 0.15) is 18.1 Å². The van der Waals surface area contributed by atoms with Crippen LogP contribution in [0.3, 0.4) is 0 Å². The zero-order valence-electron chi connectivity index (χ0n) is 18.4. The van der Waals surface area contributed by atoms with E-state index in [1.807, 2.05) is 30.3 Å². The zero-order valence-corrected chi connectivity index (χ0v) is 19.3. The van der Waals surface area contributed by atoms with Crippen LogP contribution in [0.25, 0.3) is 0 Å². The zero-order chi connectivity index (χ0) is 24.0.